The maximum absolute atomic E-state index is 12.1. The number of carbonyl (C=O) groups is 1. The lowest BCUT2D eigenvalue weighted by Crippen LogP contribution is -2.27. The normalized spacial score (nSPS) is 51.4. The van der Waals surface area contributed by atoms with Crippen LogP contribution in [0.1, 0.15) is 32.6 Å². The Hall–Kier alpha value is -0.730. The van der Waals surface area contributed by atoms with E-state index in [2.05, 4.69) is 12.1 Å². The zero-order valence-electron chi connectivity index (χ0n) is 9.06. The standard InChI is InChI=1S/C12H17NO2/c1-2-3-7-10-8-4-6(11(10)13-15)5-9(8)12(7)14/h6-11H,2-5H2,1H3/t6?,7-,8?,9?,10?,11?/m0/s1. The Labute approximate surface area is 89.6 Å². The minimum Gasteiger partial charge on any atom is -0.299 e. The predicted octanol–water partition coefficient (Wildman–Crippen LogP) is 2.39. The molecular formula is C12H17NO2. The van der Waals surface area contributed by atoms with Gasteiger partial charge in [0.15, 0.2) is 0 Å². The summed E-state index contributed by atoms with van der Waals surface area (Å²) in [7, 11) is 0. The van der Waals surface area contributed by atoms with Crippen LogP contribution >= 0.6 is 0 Å². The van der Waals surface area contributed by atoms with Gasteiger partial charge in [-0.25, -0.2) is 0 Å². The van der Waals surface area contributed by atoms with Gasteiger partial charge in [0.05, 0.1) is 6.04 Å². The van der Waals surface area contributed by atoms with E-state index in [9.17, 15) is 9.70 Å². The third-order valence-electron chi connectivity index (χ3n) is 4.94. The van der Waals surface area contributed by atoms with Crippen LogP contribution in [0, 0.1) is 34.5 Å². The highest BCUT2D eigenvalue weighted by atomic mass is 16.3. The lowest BCUT2D eigenvalue weighted by molar-refractivity contribution is -0.124. The molecule has 3 rings (SSSR count). The molecule has 0 aromatic rings. The summed E-state index contributed by atoms with van der Waals surface area (Å²) in [5.74, 6) is 2.20. The molecule has 6 atom stereocenters. The molecule has 15 heavy (non-hydrogen) atoms. The number of carbonyl (C=O) groups excluding carboxylic acids is 1. The minimum atomic E-state index is -0.0331. The van der Waals surface area contributed by atoms with Crippen molar-refractivity contribution in [3.05, 3.63) is 4.91 Å². The van der Waals surface area contributed by atoms with E-state index in [1.165, 1.54) is 0 Å². The van der Waals surface area contributed by atoms with Gasteiger partial charge in [0.25, 0.3) is 0 Å². The van der Waals surface area contributed by atoms with E-state index < -0.39 is 0 Å². The van der Waals surface area contributed by atoms with E-state index in [0.29, 0.717) is 29.5 Å². The van der Waals surface area contributed by atoms with Crippen LogP contribution in [0.2, 0.25) is 0 Å². The smallest absolute Gasteiger partial charge is 0.139 e. The molecular weight excluding hydrogens is 190 g/mol. The zero-order valence-corrected chi connectivity index (χ0v) is 9.06. The molecule has 0 heterocycles. The minimum absolute atomic E-state index is 0.0331. The van der Waals surface area contributed by atoms with Gasteiger partial charge in [-0.1, -0.05) is 18.5 Å². The van der Waals surface area contributed by atoms with Gasteiger partial charge >= 0.3 is 0 Å². The summed E-state index contributed by atoms with van der Waals surface area (Å²) in [6, 6.07) is -0.0331. The highest BCUT2D eigenvalue weighted by molar-refractivity contribution is 5.87. The number of hydrogen-bond acceptors (Lipinski definition) is 3. The Bertz CT molecular complexity index is 315. The highest BCUT2D eigenvalue weighted by Gasteiger charge is 2.64. The molecule has 0 amide bonds. The second kappa shape index (κ2) is 3.13. The third kappa shape index (κ3) is 1.04. The number of hydrogen-bond donors (Lipinski definition) is 0. The first-order valence-corrected chi connectivity index (χ1v) is 6.14. The first-order chi connectivity index (χ1) is 7.27. The van der Waals surface area contributed by atoms with Crippen LogP contribution < -0.4 is 0 Å². The summed E-state index contributed by atoms with van der Waals surface area (Å²) in [5.41, 5.74) is 0. The number of nitrogens with zero attached hydrogens (tertiary/aromatic N) is 1. The van der Waals surface area contributed by atoms with E-state index in [1.807, 2.05) is 0 Å². The molecule has 3 heteroatoms. The quantitative estimate of drug-likeness (QED) is 0.667. The lowest BCUT2D eigenvalue weighted by atomic mass is 9.82. The van der Waals surface area contributed by atoms with Gasteiger partial charge in [-0.05, 0) is 37.0 Å². The van der Waals surface area contributed by atoms with Crippen molar-refractivity contribution in [1.82, 2.24) is 0 Å². The zero-order chi connectivity index (χ0) is 10.6. The van der Waals surface area contributed by atoms with Crippen LogP contribution in [0.25, 0.3) is 0 Å². The largest absolute Gasteiger partial charge is 0.299 e. The van der Waals surface area contributed by atoms with Crippen LogP contribution in [0.5, 0.6) is 0 Å². The van der Waals surface area contributed by atoms with E-state index in [-0.39, 0.29) is 12.0 Å². The monoisotopic (exact) mass is 207 g/mol. The third-order valence-corrected chi connectivity index (χ3v) is 4.94. The van der Waals surface area contributed by atoms with Crippen LogP contribution in [0.15, 0.2) is 5.18 Å². The van der Waals surface area contributed by atoms with Crippen LogP contribution in [0.3, 0.4) is 0 Å². The van der Waals surface area contributed by atoms with Crippen molar-refractivity contribution in [1.29, 1.82) is 0 Å². The number of nitroso groups, excluding NO2 is 1. The van der Waals surface area contributed by atoms with Crippen molar-refractivity contribution in [3.8, 4) is 0 Å². The fourth-order valence-corrected chi connectivity index (χ4v) is 4.51. The first-order valence-electron chi connectivity index (χ1n) is 6.14. The van der Waals surface area contributed by atoms with Gasteiger partial charge in [-0.2, -0.15) is 4.91 Å². The second-order valence-corrected chi connectivity index (χ2v) is 5.47. The number of Topliss-reactive ketones (excluding diaryl/α,β-unsaturated/α-hetero) is 1. The Morgan fingerprint density at radius 2 is 2.20 bits per heavy atom. The SMILES string of the molecule is CCC[C@@H]1C(=O)C2CC3CC2C1C3N=O. The van der Waals surface area contributed by atoms with Crippen LogP contribution in [-0.2, 0) is 4.79 Å². The molecule has 3 fully saturated rings. The lowest BCUT2D eigenvalue weighted by Gasteiger charge is -2.24. The summed E-state index contributed by atoms with van der Waals surface area (Å²) in [6.45, 7) is 2.11. The molecule has 3 aliphatic carbocycles. The average Bonchev–Trinajstić information content (AvgIpc) is 2.84. The van der Waals surface area contributed by atoms with E-state index in [0.717, 1.165) is 25.7 Å². The maximum Gasteiger partial charge on any atom is 0.139 e. The molecule has 0 saturated heterocycles. The maximum atomic E-state index is 12.1. The summed E-state index contributed by atoms with van der Waals surface area (Å²) < 4.78 is 0. The van der Waals surface area contributed by atoms with Crippen molar-refractivity contribution in [2.75, 3.05) is 0 Å². The Morgan fingerprint density at radius 3 is 2.87 bits per heavy atom. The molecule has 3 saturated carbocycles. The number of ketones is 1. The molecule has 0 aromatic carbocycles. The Kier molecular flexibility index (Phi) is 1.98. The highest BCUT2D eigenvalue weighted by Crippen LogP contribution is 2.61. The summed E-state index contributed by atoms with van der Waals surface area (Å²) in [6.07, 6.45) is 4.06. The number of fused-ring (bicyclic) bond motifs is 1. The van der Waals surface area contributed by atoms with E-state index in [1.54, 1.807) is 0 Å². The predicted molar refractivity (Wildman–Crippen MR) is 56.2 cm³/mol. The van der Waals surface area contributed by atoms with Crippen LogP contribution in [0.4, 0.5) is 0 Å². The van der Waals surface area contributed by atoms with E-state index >= 15 is 0 Å². The topological polar surface area (TPSA) is 46.5 Å². The van der Waals surface area contributed by atoms with Crippen LogP contribution in [-0.4, -0.2) is 11.8 Å². The molecule has 82 valence electrons. The molecule has 3 aliphatic rings. The Balaban J connectivity index is 1.93. The average molecular weight is 207 g/mol. The molecule has 0 aliphatic heterocycles. The molecule has 0 aromatic heterocycles. The van der Waals surface area contributed by atoms with Crippen molar-refractivity contribution in [2.45, 2.75) is 38.6 Å². The van der Waals surface area contributed by atoms with Gasteiger partial charge in [0, 0.05) is 11.8 Å². The molecule has 0 N–H and O–H groups in total. The van der Waals surface area contributed by atoms with Crippen molar-refractivity contribution in [3.63, 3.8) is 0 Å². The van der Waals surface area contributed by atoms with E-state index in [4.69, 9.17) is 0 Å². The second-order valence-electron chi connectivity index (χ2n) is 5.47. The van der Waals surface area contributed by atoms with Gasteiger partial charge in [-0.3, -0.25) is 4.79 Å². The first kappa shape index (κ1) is 9.49. The van der Waals surface area contributed by atoms with Gasteiger partial charge in [0.2, 0.25) is 0 Å². The molecule has 2 bridgehead atoms. The summed E-state index contributed by atoms with van der Waals surface area (Å²) >= 11 is 0. The fourth-order valence-electron chi connectivity index (χ4n) is 4.51. The Morgan fingerprint density at radius 1 is 1.40 bits per heavy atom. The molecule has 0 spiro atoms. The summed E-state index contributed by atoms with van der Waals surface area (Å²) in [4.78, 5) is 23.0. The van der Waals surface area contributed by atoms with Crippen molar-refractivity contribution >= 4 is 5.78 Å². The van der Waals surface area contributed by atoms with Gasteiger partial charge in [0.1, 0.15) is 5.78 Å². The molecule has 5 unspecified atom stereocenters. The van der Waals surface area contributed by atoms with Crippen molar-refractivity contribution in [2.24, 2.45) is 34.8 Å². The van der Waals surface area contributed by atoms with Crippen molar-refractivity contribution < 1.29 is 4.79 Å². The fraction of sp³-hybridized carbons (Fsp3) is 0.917. The summed E-state index contributed by atoms with van der Waals surface area (Å²) in [5, 5.41) is 3.31. The number of rotatable bonds is 3. The molecule has 0 radical (unpaired) electrons. The molecule has 3 nitrogen and oxygen atoms in total. The van der Waals surface area contributed by atoms with Gasteiger partial charge in [-0.15, -0.1) is 0 Å². The van der Waals surface area contributed by atoms with Gasteiger partial charge < -0.3 is 0 Å².